The Morgan fingerprint density at radius 1 is 1.10 bits per heavy atom. The Hall–Kier alpha value is -1.71. The standard InChI is InChI=1S/C17H26O4/c1-16(2,3)11-17(4,5)15(20)21-9-8-12-6-7-13(18)14(19)10-12/h6-7,10,18-19H,8-9,11H2,1-5H3. The number of esters is 1. The van der Waals surface area contributed by atoms with E-state index in [2.05, 4.69) is 20.8 Å². The molecule has 0 radical (unpaired) electrons. The predicted molar refractivity (Wildman–Crippen MR) is 82.3 cm³/mol. The van der Waals surface area contributed by atoms with Gasteiger partial charge in [0.05, 0.1) is 12.0 Å². The number of benzene rings is 1. The second kappa shape index (κ2) is 6.37. The van der Waals surface area contributed by atoms with Gasteiger partial charge < -0.3 is 14.9 Å². The summed E-state index contributed by atoms with van der Waals surface area (Å²) in [4.78, 5) is 12.1. The first-order valence-electron chi connectivity index (χ1n) is 7.19. The molecular formula is C17H26O4. The molecule has 1 rings (SSSR count). The zero-order valence-corrected chi connectivity index (χ0v) is 13.6. The lowest BCUT2D eigenvalue weighted by atomic mass is 9.76. The summed E-state index contributed by atoms with van der Waals surface area (Å²) in [5.74, 6) is -0.519. The van der Waals surface area contributed by atoms with Crippen molar-refractivity contribution in [1.82, 2.24) is 0 Å². The van der Waals surface area contributed by atoms with Crippen LogP contribution in [0, 0.1) is 10.8 Å². The van der Waals surface area contributed by atoms with Crippen molar-refractivity contribution in [2.24, 2.45) is 10.8 Å². The number of phenols is 2. The molecule has 0 aromatic heterocycles. The largest absolute Gasteiger partial charge is 0.504 e. The molecule has 0 aliphatic rings. The van der Waals surface area contributed by atoms with Crippen LogP contribution in [0.25, 0.3) is 0 Å². The minimum Gasteiger partial charge on any atom is -0.504 e. The third-order valence-corrected chi connectivity index (χ3v) is 3.19. The van der Waals surface area contributed by atoms with E-state index in [1.54, 1.807) is 6.07 Å². The normalized spacial score (nSPS) is 12.2. The summed E-state index contributed by atoms with van der Waals surface area (Å²) in [7, 11) is 0. The number of hydrogen-bond donors (Lipinski definition) is 2. The van der Waals surface area contributed by atoms with Gasteiger partial charge >= 0.3 is 5.97 Å². The van der Waals surface area contributed by atoms with E-state index >= 15 is 0 Å². The van der Waals surface area contributed by atoms with Crippen molar-refractivity contribution in [2.75, 3.05) is 6.61 Å². The van der Waals surface area contributed by atoms with Crippen molar-refractivity contribution in [3.63, 3.8) is 0 Å². The lowest BCUT2D eigenvalue weighted by molar-refractivity contribution is -0.155. The second-order valence-corrected chi connectivity index (χ2v) is 7.33. The molecule has 1 aromatic rings. The number of phenolic OH excluding ortho intramolecular Hbond substituents is 2. The van der Waals surface area contributed by atoms with Gasteiger partial charge in [-0.25, -0.2) is 0 Å². The van der Waals surface area contributed by atoms with E-state index in [1.807, 2.05) is 13.8 Å². The second-order valence-electron chi connectivity index (χ2n) is 7.33. The third-order valence-electron chi connectivity index (χ3n) is 3.19. The minimum atomic E-state index is -0.519. The van der Waals surface area contributed by atoms with Gasteiger partial charge in [0.2, 0.25) is 0 Å². The minimum absolute atomic E-state index is 0.0608. The average molecular weight is 294 g/mol. The Morgan fingerprint density at radius 3 is 2.24 bits per heavy atom. The number of carbonyl (C=O) groups excluding carboxylic acids is 1. The Bertz CT molecular complexity index is 498. The van der Waals surface area contributed by atoms with Gasteiger partial charge in [-0.2, -0.15) is 0 Å². The van der Waals surface area contributed by atoms with Crippen LogP contribution in [-0.4, -0.2) is 22.8 Å². The Labute approximate surface area is 126 Å². The van der Waals surface area contributed by atoms with Gasteiger partial charge in [0.1, 0.15) is 0 Å². The Kier molecular flexibility index (Phi) is 5.26. The summed E-state index contributed by atoms with van der Waals surface area (Å²) in [5.41, 5.74) is 0.354. The summed E-state index contributed by atoms with van der Waals surface area (Å²) < 4.78 is 5.34. The molecule has 0 fully saturated rings. The van der Waals surface area contributed by atoms with E-state index < -0.39 is 5.41 Å². The molecule has 4 nitrogen and oxygen atoms in total. The van der Waals surface area contributed by atoms with Crippen LogP contribution in [0.1, 0.15) is 46.6 Å². The summed E-state index contributed by atoms with van der Waals surface area (Å²) in [5, 5.41) is 18.6. The highest BCUT2D eigenvalue weighted by atomic mass is 16.5. The van der Waals surface area contributed by atoms with Gasteiger partial charge in [-0.05, 0) is 43.4 Å². The summed E-state index contributed by atoms with van der Waals surface area (Å²) in [6.45, 7) is 10.3. The Balaban J connectivity index is 2.51. The molecule has 21 heavy (non-hydrogen) atoms. The van der Waals surface area contributed by atoms with Crippen molar-refractivity contribution in [3.05, 3.63) is 23.8 Å². The zero-order valence-electron chi connectivity index (χ0n) is 13.6. The molecular weight excluding hydrogens is 268 g/mol. The van der Waals surface area contributed by atoms with E-state index in [1.165, 1.54) is 12.1 Å². The van der Waals surface area contributed by atoms with Gasteiger partial charge in [0, 0.05) is 6.42 Å². The monoisotopic (exact) mass is 294 g/mol. The highest BCUT2D eigenvalue weighted by Gasteiger charge is 2.33. The van der Waals surface area contributed by atoms with E-state index in [0.717, 1.165) is 12.0 Å². The van der Waals surface area contributed by atoms with Crippen LogP contribution in [0.15, 0.2) is 18.2 Å². The first-order valence-corrected chi connectivity index (χ1v) is 7.19. The molecule has 0 saturated heterocycles. The van der Waals surface area contributed by atoms with Crippen LogP contribution in [0.5, 0.6) is 11.5 Å². The van der Waals surface area contributed by atoms with Crippen LogP contribution in [-0.2, 0) is 16.0 Å². The maximum Gasteiger partial charge on any atom is 0.311 e. The molecule has 0 unspecified atom stereocenters. The average Bonchev–Trinajstić information content (AvgIpc) is 2.30. The first-order chi connectivity index (χ1) is 9.51. The molecule has 118 valence electrons. The highest BCUT2D eigenvalue weighted by molar-refractivity contribution is 5.75. The van der Waals surface area contributed by atoms with Crippen molar-refractivity contribution in [3.8, 4) is 11.5 Å². The smallest absolute Gasteiger partial charge is 0.311 e. The lowest BCUT2D eigenvalue weighted by Crippen LogP contribution is -2.31. The fourth-order valence-electron chi connectivity index (χ4n) is 2.58. The van der Waals surface area contributed by atoms with E-state index in [9.17, 15) is 15.0 Å². The van der Waals surface area contributed by atoms with E-state index in [-0.39, 0.29) is 29.5 Å². The van der Waals surface area contributed by atoms with Crippen LogP contribution in [0.3, 0.4) is 0 Å². The maximum atomic E-state index is 12.1. The number of hydrogen-bond acceptors (Lipinski definition) is 4. The molecule has 0 spiro atoms. The number of rotatable bonds is 5. The molecule has 0 saturated carbocycles. The molecule has 0 aliphatic heterocycles. The van der Waals surface area contributed by atoms with Crippen LogP contribution in [0.4, 0.5) is 0 Å². The maximum absolute atomic E-state index is 12.1. The molecule has 0 aliphatic carbocycles. The van der Waals surface area contributed by atoms with Crippen molar-refractivity contribution in [2.45, 2.75) is 47.5 Å². The molecule has 0 bridgehead atoms. The summed E-state index contributed by atoms with van der Waals surface area (Å²) in [6, 6.07) is 4.60. The molecule has 0 amide bonds. The fraction of sp³-hybridized carbons (Fsp3) is 0.588. The molecule has 0 atom stereocenters. The first kappa shape index (κ1) is 17.3. The third kappa shape index (κ3) is 5.66. The quantitative estimate of drug-likeness (QED) is 0.642. The van der Waals surface area contributed by atoms with Crippen LogP contribution >= 0.6 is 0 Å². The predicted octanol–water partition coefficient (Wildman–Crippen LogP) is 3.65. The number of ether oxygens (including phenoxy) is 1. The Morgan fingerprint density at radius 2 is 1.71 bits per heavy atom. The number of aromatic hydroxyl groups is 2. The zero-order chi connectivity index (χ0) is 16.3. The van der Waals surface area contributed by atoms with Crippen molar-refractivity contribution < 1.29 is 19.7 Å². The number of carbonyl (C=O) groups is 1. The molecule has 0 heterocycles. The highest BCUT2D eigenvalue weighted by Crippen LogP contribution is 2.34. The summed E-state index contributed by atoms with van der Waals surface area (Å²) >= 11 is 0. The topological polar surface area (TPSA) is 66.8 Å². The van der Waals surface area contributed by atoms with Gasteiger partial charge in [-0.3, -0.25) is 4.79 Å². The van der Waals surface area contributed by atoms with Gasteiger partial charge in [-0.15, -0.1) is 0 Å². The van der Waals surface area contributed by atoms with Crippen molar-refractivity contribution >= 4 is 5.97 Å². The van der Waals surface area contributed by atoms with Crippen molar-refractivity contribution in [1.29, 1.82) is 0 Å². The van der Waals surface area contributed by atoms with Crippen LogP contribution < -0.4 is 0 Å². The summed E-state index contributed by atoms with van der Waals surface area (Å²) in [6.07, 6.45) is 1.25. The van der Waals surface area contributed by atoms with E-state index in [4.69, 9.17) is 4.74 Å². The molecule has 2 N–H and O–H groups in total. The van der Waals surface area contributed by atoms with Crippen LogP contribution in [0.2, 0.25) is 0 Å². The van der Waals surface area contributed by atoms with Gasteiger partial charge in [-0.1, -0.05) is 26.8 Å². The SMILES string of the molecule is CC(C)(C)CC(C)(C)C(=O)OCCc1ccc(O)c(O)c1. The van der Waals surface area contributed by atoms with Gasteiger partial charge in [0.15, 0.2) is 11.5 Å². The fourth-order valence-corrected chi connectivity index (χ4v) is 2.58. The molecule has 1 aromatic carbocycles. The lowest BCUT2D eigenvalue weighted by Gasteiger charge is -2.30. The molecule has 4 heteroatoms. The van der Waals surface area contributed by atoms with E-state index in [0.29, 0.717) is 6.42 Å². The van der Waals surface area contributed by atoms with Gasteiger partial charge in [0.25, 0.3) is 0 Å².